The van der Waals surface area contributed by atoms with E-state index in [9.17, 15) is 4.79 Å². The van der Waals surface area contributed by atoms with Crippen molar-refractivity contribution in [1.82, 2.24) is 5.32 Å². The number of amides is 1. The first-order valence-corrected chi connectivity index (χ1v) is 8.46. The maximum absolute atomic E-state index is 12.7. The quantitative estimate of drug-likeness (QED) is 0.888. The molecule has 0 aromatic heterocycles. The molecule has 1 aliphatic carbocycles. The molecule has 0 radical (unpaired) electrons. The molecule has 3 nitrogen and oxygen atoms in total. The molecule has 1 aromatic rings. The standard InChI is InChI=1S/C18H26N2O/c1-2-13-7-3-4-11-16(13)20-18(21)15-10-5-8-14-9-6-12-19-17(14)15/h5,8,10,13,16,19H,2-4,6-7,9,11-12H2,1H3,(H,20,21). The van der Waals surface area contributed by atoms with E-state index in [0.717, 1.165) is 43.5 Å². The molecular formula is C18H26N2O. The van der Waals surface area contributed by atoms with Crippen LogP contribution in [0.4, 0.5) is 5.69 Å². The molecule has 1 fully saturated rings. The zero-order valence-electron chi connectivity index (χ0n) is 13.0. The van der Waals surface area contributed by atoms with Crippen molar-refractivity contribution in [3.8, 4) is 0 Å². The van der Waals surface area contributed by atoms with Crippen LogP contribution in [0, 0.1) is 5.92 Å². The molecule has 2 unspecified atom stereocenters. The molecular weight excluding hydrogens is 260 g/mol. The van der Waals surface area contributed by atoms with Gasteiger partial charge >= 0.3 is 0 Å². The van der Waals surface area contributed by atoms with Crippen LogP contribution in [0.15, 0.2) is 18.2 Å². The van der Waals surface area contributed by atoms with Crippen molar-refractivity contribution < 1.29 is 4.79 Å². The average molecular weight is 286 g/mol. The highest BCUT2D eigenvalue weighted by atomic mass is 16.1. The zero-order chi connectivity index (χ0) is 14.7. The number of nitrogens with one attached hydrogen (secondary N) is 2. The molecule has 114 valence electrons. The minimum Gasteiger partial charge on any atom is -0.384 e. The van der Waals surface area contributed by atoms with Crippen molar-refractivity contribution in [2.75, 3.05) is 11.9 Å². The second-order valence-corrected chi connectivity index (χ2v) is 6.40. The average Bonchev–Trinajstić information content (AvgIpc) is 2.54. The lowest BCUT2D eigenvalue weighted by molar-refractivity contribution is 0.0905. The summed E-state index contributed by atoms with van der Waals surface area (Å²) in [5.74, 6) is 0.752. The molecule has 0 bridgehead atoms. The Kier molecular flexibility index (Phi) is 4.47. The van der Waals surface area contributed by atoms with Crippen molar-refractivity contribution in [2.24, 2.45) is 5.92 Å². The van der Waals surface area contributed by atoms with Crippen molar-refractivity contribution in [3.63, 3.8) is 0 Å². The van der Waals surface area contributed by atoms with E-state index in [-0.39, 0.29) is 5.91 Å². The predicted octanol–water partition coefficient (Wildman–Crippen LogP) is 3.74. The van der Waals surface area contributed by atoms with Crippen LogP contribution in [0.3, 0.4) is 0 Å². The molecule has 0 saturated heterocycles. The molecule has 21 heavy (non-hydrogen) atoms. The predicted molar refractivity (Wildman–Crippen MR) is 86.8 cm³/mol. The van der Waals surface area contributed by atoms with Gasteiger partial charge in [0.25, 0.3) is 5.91 Å². The third kappa shape index (κ3) is 3.07. The summed E-state index contributed by atoms with van der Waals surface area (Å²) < 4.78 is 0. The van der Waals surface area contributed by atoms with Gasteiger partial charge in [-0.15, -0.1) is 0 Å². The molecule has 2 atom stereocenters. The van der Waals surface area contributed by atoms with E-state index in [2.05, 4.69) is 23.6 Å². The van der Waals surface area contributed by atoms with Crippen molar-refractivity contribution in [3.05, 3.63) is 29.3 Å². The first kappa shape index (κ1) is 14.4. The summed E-state index contributed by atoms with van der Waals surface area (Å²) >= 11 is 0. The maximum Gasteiger partial charge on any atom is 0.253 e. The fraction of sp³-hybridized carbons (Fsp3) is 0.611. The number of benzene rings is 1. The van der Waals surface area contributed by atoms with Crippen LogP contribution >= 0.6 is 0 Å². The third-order valence-electron chi connectivity index (χ3n) is 5.07. The number of para-hydroxylation sites is 1. The minimum absolute atomic E-state index is 0.103. The van der Waals surface area contributed by atoms with Gasteiger partial charge in [-0.3, -0.25) is 4.79 Å². The minimum atomic E-state index is 0.103. The largest absolute Gasteiger partial charge is 0.384 e. The molecule has 2 aliphatic rings. The maximum atomic E-state index is 12.7. The Labute approximate surface area is 127 Å². The van der Waals surface area contributed by atoms with Crippen LogP contribution < -0.4 is 10.6 Å². The first-order chi connectivity index (χ1) is 10.3. The molecule has 1 heterocycles. The van der Waals surface area contributed by atoms with E-state index >= 15 is 0 Å². The van der Waals surface area contributed by atoms with Gasteiger partial charge in [-0.25, -0.2) is 0 Å². The Hall–Kier alpha value is -1.51. The number of hydrogen-bond acceptors (Lipinski definition) is 2. The lowest BCUT2D eigenvalue weighted by Gasteiger charge is -2.32. The monoisotopic (exact) mass is 286 g/mol. The summed E-state index contributed by atoms with van der Waals surface area (Å²) in [7, 11) is 0. The Morgan fingerprint density at radius 3 is 3.00 bits per heavy atom. The van der Waals surface area contributed by atoms with Crippen LogP contribution in [0.25, 0.3) is 0 Å². The smallest absolute Gasteiger partial charge is 0.253 e. The van der Waals surface area contributed by atoms with Crippen molar-refractivity contribution >= 4 is 11.6 Å². The van der Waals surface area contributed by atoms with Crippen molar-refractivity contribution in [2.45, 2.75) is 57.9 Å². The topological polar surface area (TPSA) is 41.1 Å². The van der Waals surface area contributed by atoms with Crippen LogP contribution in [-0.2, 0) is 6.42 Å². The number of carbonyl (C=O) groups is 1. The van der Waals surface area contributed by atoms with Crippen LogP contribution in [0.1, 0.15) is 61.4 Å². The summed E-state index contributed by atoms with van der Waals surface area (Å²) in [4.78, 5) is 12.7. The molecule has 0 spiro atoms. The fourth-order valence-electron chi connectivity index (χ4n) is 3.83. The Balaban J connectivity index is 1.76. The van der Waals surface area contributed by atoms with Crippen molar-refractivity contribution in [1.29, 1.82) is 0 Å². The summed E-state index contributed by atoms with van der Waals surface area (Å²) in [5.41, 5.74) is 3.17. The lowest BCUT2D eigenvalue weighted by atomic mass is 9.82. The van der Waals surface area contributed by atoms with Crippen LogP contribution in [0.2, 0.25) is 0 Å². The Morgan fingerprint density at radius 2 is 2.14 bits per heavy atom. The highest BCUT2D eigenvalue weighted by Gasteiger charge is 2.26. The van der Waals surface area contributed by atoms with E-state index in [1.807, 2.05) is 12.1 Å². The second kappa shape index (κ2) is 6.50. The van der Waals surface area contributed by atoms with E-state index in [0.29, 0.717) is 12.0 Å². The van der Waals surface area contributed by atoms with E-state index in [1.54, 1.807) is 0 Å². The summed E-state index contributed by atoms with van der Waals surface area (Å²) in [5, 5.41) is 6.72. The van der Waals surface area contributed by atoms with Gasteiger partial charge in [-0.2, -0.15) is 0 Å². The van der Waals surface area contributed by atoms with Gasteiger partial charge < -0.3 is 10.6 Å². The molecule has 1 amide bonds. The fourth-order valence-corrected chi connectivity index (χ4v) is 3.83. The SMILES string of the molecule is CCC1CCCCC1NC(=O)c1cccc2c1NCCC2. The number of hydrogen-bond donors (Lipinski definition) is 2. The second-order valence-electron chi connectivity index (χ2n) is 6.40. The Morgan fingerprint density at radius 1 is 1.29 bits per heavy atom. The van der Waals surface area contributed by atoms with Gasteiger partial charge in [0, 0.05) is 12.6 Å². The number of fused-ring (bicyclic) bond motifs is 1. The van der Waals surface area contributed by atoms with Gasteiger partial charge in [-0.1, -0.05) is 38.3 Å². The number of carbonyl (C=O) groups excluding carboxylic acids is 1. The first-order valence-electron chi connectivity index (χ1n) is 8.46. The van der Waals surface area contributed by atoms with E-state index < -0.39 is 0 Å². The van der Waals surface area contributed by atoms with Crippen LogP contribution in [-0.4, -0.2) is 18.5 Å². The van der Waals surface area contributed by atoms with Gasteiger partial charge in [0.05, 0.1) is 11.3 Å². The Bertz CT molecular complexity index is 512. The molecule has 1 aliphatic heterocycles. The lowest BCUT2D eigenvalue weighted by Crippen LogP contribution is -2.42. The number of anilines is 1. The summed E-state index contributed by atoms with van der Waals surface area (Å²) in [6.45, 7) is 3.21. The number of aryl methyl sites for hydroxylation is 1. The highest BCUT2D eigenvalue weighted by Crippen LogP contribution is 2.29. The van der Waals surface area contributed by atoms with Gasteiger partial charge in [0.2, 0.25) is 0 Å². The molecule has 3 heteroatoms. The van der Waals surface area contributed by atoms with Gasteiger partial charge in [0.1, 0.15) is 0 Å². The molecule has 3 rings (SSSR count). The highest BCUT2D eigenvalue weighted by molar-refractivity contribution is 6.00. The van der Waals surface area contributed by atoms with E-state index in [1.165, 1.54) is 24.8 Å². The molecule has 2 N–H and O–H groups in total. The number of rotatable bonds is 3. The molecule has 1 aromatic carbocycles. The third-order valence-corrected chi connectivity index (χ3v) is 5.07. The van der Waals surface area contributed by atoms with Crippen LogP contribution in [0.5, 0.6) is 0 Å². The molecule has 1 saturated carbocycles. The normalized spacial score (nSPS) is 24.8. The van der Waals surface area contributed by atoms with Gasteiger partial charge in [-0.05, 0) is 43.2 Å². The summed E-state index contributed by atoms with van der Waals surface area (Å²) in [6, 6.07) is 6.46. The summed E-state index contributed by atoms with van der Waals surface area (Å²) in [6.07, 6.45) is 8.33. The zero-order valence-corrected chi connectivity index (χ0v) is 13.0. The van der Waals surface area contributed by atoms with Gasteiger partial charge in [0.15, 0.2) is 0 Å². The van der Waals surface area contributed by atoms with E-state index in [4.69, 9.17) is 0 Å².